The first-order valence-electron chi connectivity index (χ1n) is 6.31. The molecule has 0 bridgehead atoms. The van der Waals surface area contributed by atoms with Crippen LogP contribution in [0, 0.1) is 0 Å². The number of alkyl halides is 1. The van der Waals surface area contributed by atoms with Crippen molar-refractivity contribution < 1.29 is 14.3 Å². The number of carbonyl (C=O) groups excluding carboxylic acids is 1. The smallest absolute Gasteiger partial charge is 0.253 e. The minimum absolute atomic E-state index is 0.0251. The van der Waals surface area contributed by atoms with Crippen LogP contribution in [0.5, 0.6) is 0 Å². The average molecular weight is 328 g/mol. The number of amides is 1. The maximum absolute atomic E-state index is 12.2. The fourth-order valence-corrected chi connectivity index (χ4v) is 2.21. The van der Waals surface area contributed by atoms with E-state index < -0.39 is 0 Å². The van der Waals surface area contributed by atoms with Crippen LogP contribution in [0.15, 0.2) is 18.2 Å². The van der Waals surface area contributed by atoms with Crippen molar-refractivity contribution >= 4 is 21.8 Å². The lowest BCUT2D eigenvalue weighted by Gasteiger charge is -2.17. The van der Waals surface area contributed by atoms with Crippen LogP contribution in [0.4, 0.5) is 0 Å². The van der Waals surface area contributed by atoms with Gasteiger partial charge in [-0.25, -0.2) is 0 Å². The minimum Gasteiger partial charge on any atom is -0.379 e. The predicted octanol–water partition coefficient (Wildman–Crippen LogP) is 2.20. The van der Waals surface area contributed by atoms with Gasteiger partial charge in [-0.15, -0.1) is 0 Å². The van der Waals surface area contributed by atoms with Crippen LogP contribution < -0.4 is 0 Å². The van der Waals surface area contributed by atoms with Crippen LogP contribution in [0.25, 0.3) is 0 Å². The number of likely N-dealkylation sites (N-methyl/N-ethyl adjacent to an activating group) is 1. The van der Waals surface area contributed by atoms with Gasteiger partial charge in [0.25, 0.3) is 5.91 Å². The van der Waals surface area contributed by atoms with Gasteiger partial charge in [0.15, 0.2) is 0 Å². The van der Waals surface area contributed by atoms with Gasteiger partial charge < -0.3 is 14.4 Å². The molecule has 1 heterocycles. The largest absolute Gasteiger partial charge is 0.379 e. The summed E-state index contributed by atoms with van der Waals surface area (Å²) < 4.78 is 10.7. The van der Waals surface area contributed by atoms with Gasteiger partial charge in [-0.05, 0) is 23.3 Å². The summed E-state index contributed by atoms with van der Waals surface area (Å²) >= 11 is 3.29. The highest BCUT2D eigenvalue weighted by Crippen LogP contribution is 2.21. The molecular formula is C14H18BrNO3. The van der Waals surface area contributed by atoms with Gasteiger partial charge in [-0.2, -0.15) is 0 Å². The Bertz CT molecular complexity index is 450. The number of nitrogens with zero attached hydrogens (tertiary/aromatic N) is 1. The van der Waals surface area contributed by atoms with Crippen LogP contribution in [-0.4, -0.2) is 42.9 Å². The third-order valence-corrected chi connectivity index (χ3v) is 3.43. The molecule has 0 atom stereocenters. The molecule has 1 amide bonds. The molecule has 0 spiro atoms. The Kier molecular flexibility index (Phi) is 5.36. The van der Waals surface area contributed by atoms with Crippen LogP contribution in [0.1, 0.15) is 21.5 Å². The summed E-state index contributed by atoms with van der Waals surface area (Å²) in [5.41, 5.74) is 3.02. The Labute approximate surface area is 121 Å². The monoisotopic (exact) mass is 327 g/mol. The van der Waals surface area contributed by atoms with Crippen LogP contribution in [0.2, 0.25) is 0 Å². The number of hydrogen-bond acceptors (Lipinski definition) is 3. The molecule has 0 saturated heterocycles. The van der Waals surface area contributed by atoms with E-state index in [4.69, 9.17) is 9.47 Å². The summed E-state index contributed by atoms with van der Waals surface area (Å²) in [5, 5.41) is 0.815. The number of benzene rings is 1. The second-order valence-corrected chi connectivity index (χ2v) is 5.30. The van der Waals surface area contributed by atoms with Crippen molar-refractivity contribution in [1.82, 2.24) is 4.90 Å². The number of fused-ring (bicyclic) bond motifs is 1. The van der Waals surface area contributed by atoms with Crippen molar-refractivity contribution in [3.8, 4) is 0 Å². The quantitative estimate of drug-likeness (QED) is 0.594. The van der Waals surface area contributed by atoms with E-state index in [1.54, 1.807) is 11.9 Å². The minimum atomic E-state index is 0.0251. The zero-order chi connectivity index (χ0) is 13.7. The standard InChI is InChI=1S/C14H18BrNO3/c1-16(5-7-18-6-4-15)14(17)11-2-3-12-9-19-10-13(12)8-11/h2-3,8H,4-7,9-10H2,1H3. The fourth-order valence-electron chi connectivity index (χ4n) is 1.99. The van der Waals surface area contributed by atoms with Gasteiger partial charge >= 0.3 is 0 Å². The van der Waals surface area contributed by atoms with E-state index in [-0.39, 0.29) is 5.91 Å². The summed E-state index contributed by atoms with van der Waals surface area (Å²) in [6.45, 7) is 3.08. The number of rotatable bonds is 6. The molecule has 1 aliphatic heterocycles. The van der Waals surface area contributed by atoms with Gasteiger partial charge in [0.2, 0.25) is 0 Å². The first-order chi connectivity index (χ1) is 9.22. The third-order valence-electron chi connectivity index (χ3n) is 3.11. The van der Waals surface area contributed by atoms with Crippen LogP contribution in [-0.2, 0) is 22.7 Å². The zero-order valence-electron chi connectivity index (χ0n) is 11.0. The van der Waals surface area contributed by atoms with Gasteiger partial charge in [0.05, 0.1) is 26.4 Å². The van der Waals surface area contributed by atoms with Crippen LogP contribution >= 0.6 is 15.9 Å². The molecule has 1 aromatic carbocycles. The molecule has 1 aliphatic rings. The normalized spacial score (nSPS) is 13.4. The molecular weight excluding hydrogens is 310 g/mol. The highest BCUT2D eigenvalue weighted by molar-refractivity contribution is 9.09. The predicted molar refractivity (Wildman–Crippen MR) is 76.5 cm³/mol. The second kappa shape index (κ2) is 7.03. The van der Waals surface area contributed by atoms with Crippen molar-refractivity contribution in [3.63, 3.8) is 0 Å². The fraction of sp³-hybridized carbons (Fsp3) is 0.500. The second-order valence-electron chi connectivity index (χ2n) is 4.50. The zero-order valence-corrected chi connectivity index (χ0v) is 12.6. The van der Waals surface area contributed by atoms with Crippen molar-refractivity contribution in [2.45, 2.75) is 13.2 Å². The van der Waals surface area contributed by atoms with Gasteiger partial charge in [0, 0.05) is 24.5 Å². The molecule has 0 fully saturated rings. The molecule has 104 valence electrons. The first-order valence-corrected chi connectivity index (χ1v) is 7.43. The lowest BCUT2D eigenvalue weighted by atomic mass is 10.1. The number of hydrogen-bond donors (Lipinski definition) is 0. The lowest BCUT2D eigenvalue weighted by molar-refractivity contribution is 0.0713. The Balaban J connectivity index is 1.91. The van der Waals surface area contributed by atoms with Crippen molar-refractivity contribution in [2.24, 2.45) is 0 Å². The molecule has 2 rings (SSSR count). The van der Waals surface area contributed by atoms with E-state index >= 15 is 0 Å². The summed E-state index contributed by atoms with van der Waals surface area (Å²) in [7, 11) is 1.80. The molecule has 0 radical (unpaired) electrons. The molecule has 0 N–H and O–H groups in total. The van der Waals surface area contributed by atoms with Gasteiger partial charge in [0.1, 0.15) is 0 Å². The van der Waals surface area contributed by atoms with E-state index in [9.17, 15) is 4.79 Å². The van der Waals surface area contributed by atoms with E-state index in [1.807, 2.05) is 18.2 Å². The van der Waals surface area contributed by atoms with Crippen molar-refractivity contribution in [2.75, 3.05) is 32.1 Å². The maximum Gasteiger partial charge on any atom is 0.253 e. The molecule has 0 unspecified atom stereocenters. The van der Waals surface area contributed by atoms with E-state index in [2.05, 4.69) is 15.9 Å². The SMILES string of the molecule is CN(CCOCCBr)C(=O)c1ccc2c(c1)COC2. The molecule has 5 heteroatoms. The topological polar surface area (TPSA) is 38.8 Å². The van der Waals surface area contributed by atoms with E-state index in [1.165, 1.54) is 5.56 Å². The van der Waals surface area contributed by atoms with Crippen molar-refractivity contribution in [3.05, 3.63) is 34.9 Å². The summed E-state index contributed by atoms with van der Waals surface area (Å²) in [6.07, 6.45) is 0. The molecule has 4 nitrogen and oxygen atoms in total. The number of carbonyl (C=O) groups is 1. The average Bonchev–Trinajstić information content (AvgIpc) is 2.89. The first kappa shape index (κ1) is 14.5. The van der Waals surface area contributed by atoms with Gasteiger partial charge in [-0.1, -0.05) is 22.0 Å². The third kappa shape index (κ3) is 3.78. The van der Waals surface area contributed by atoms with E-state index in [0.29, 0.717) is 38.5 Å². The molecule has 0 aliphatic carbocycles. The Morgan fingerprint density at radius 2 is 2.16 bits per heavy atom. The summed E-state index contributed by atoms with van der Waals surface area (Å²) in [6, 6.07) is 5.77. The summed E-state index contributed by atoms with van der Waals surface area (Å²) in [4.78, 5) is 13.9. The van der Waals surface area contributed by atoms with Crippen molar-refractivity contribution in [1.29, 1.82) is 0 Å². The Morgan fingerprint density at radius 3 is 2.95 bits per heavy atom. The Morgan fingerprint density at radius 1 is 1.37 bits per heavy atom. The summed E-state index contributed by atoms with van der Waals surface area (Å²) in [5.74, 6) is 0.0251. The highest BCUT2D eigenvalue weighted by atomic mass is 79.9. The Hall–Kier alpha value is -0.910. The molecule has 0 aromatic heterocycles. The maximum atomic E-state index is 12.2. The van der Waals surface area contributed by atoms with Crippen LogP contribution in [0.3, 0.4) is 0 Å². The highest BCUT2D eigenvalue weighted by Gasteiger charge is 2.16. The lowest BCUT2D eigenvalue weighted by Crippen LogP contribution is -2.30. The number of halogens is 1. The molecule has 0 saturated carbocycles. The molecule has 19 heavy (non-hydrogen) atoms. The number of ether oxygens (including phenoxy) is 2. The van der Waals surface area contributed by atoms with E-state index in [0.717, 1.165) is 10.9 Å². The molecule has 1 aromatic rings. The van der Waals surface area contributed by atoms with Gasteiger partial charge in [-0.3, -0.25) is 4.79 Å².